The molecule has 0 radical (unpaired) electrons. The van der Waals surface area contributed by atoms with Gasteiger partial charge < -0.3 is 0 Å². The molecule has 66 valence electrons. The Labute approximate surface area is 94.4 Å². The summed E-state index contributed by atoms with van der Waals surface area (Å²) in [5.41, 5.74) is 0. The first-order valence-electron chi connectivity index (χ1n) is 2.82. The lowest BCUT2D eigenvalue weighted by molar-refractivity contribution is 1.26. The predicted molar refractivity (Wildman–Crippen MR) is 56.1 cm³/mol. The van der Waals surface area contributed by atoms with Crippen LogP contribution in [0.1, 0.15) is 0 Å². The van der Waals surface area contributed by atoms with Crippen LogP contribution in [0.3, 0.4) is 0 Å². The van der Waals surface area contributed by atoms with Crippen LogP contribution in [-0.2, 0) is 0 Å². The summed E-state index contributed by atoms with van der Waals surface area (Å²) in [6.45, 7) is 0. The van der Waals surface area contributed by atoms with Gasteiger partial charge in [0.05, 0.1) is 14.9 Å². The van der Waals surface area contributed by atoms with E-state index in [2.05, 4.69) is 4.98 Å². The summed E-state index contributed by atoms with van der Waals surface area (Å²) in [5, 5.41) is 1.04. The molecule has 0 unspecified atom stereocenters. The van der Waals surface area contributed by atoms with Gasteiger partial charge in [-0.15, -0.1) is 11.8 Å². The highest BCUT2D eigenvalue weighted by molar-refractivity contribution is 7.98. The number of halogens is 4. The van der Waals surface area contributed by atoms with Gasteiger partial charge in [-0.3, -0.25) is 0 Å². The first-order chi connectivity index (χ1) is 5.57. The van der Waals surface area contributed by atoms with Crippen molar-refractivity contribution in [1.29, 1.82) is 0 Å². The molecule has 1 rings (SSSR count). The Kier molecular flexibility index (Phi) is 3.80. The lowest BCUT2D eigenvalue weighted by Gasteiger charge is -2.05. The van der Waals surface area contributed by atoms with Crippen molar-refractivity contribution in [3.05, 3.63) is 20.4 Å². The quantitative estimate of drug-likeness (QED) is 0.551. The van der Waals surface area contributed by atoms with E-state index in [1.165, 1.54) is 11.8 Å². The van der Waals surface area contributed by atoms with Crippen molar-refractivity contribution in [2.75, 3.05) is 6.26 Å². The smallest absolute Gasteiger partial charge is 0.150 e. The van der Waals surface area contributed by atoms with E-state index in [9.17, 15) is 0 Å². The van der Waals surface area contributed by atoms with Crippen LogP contribution in [0, 0.1) is 0 Å². The summed E-state index contributed by atoms with van der Waals surface area (Å²) in [6.07, 6.45) is 1.83. The van der Waals surface area contributed by atoms with Crippen LogP contribution in [0.15, 0.2) is 4.90 Å². The second kappa shape index (κ2) is 4.25. The zero-order chi connectivity index (χ0) is 9.30. The number of aromatic nitrogens is 1. The molecule has 0 aliphatic heterocycles. The average molecular weight is 267 g/mol. The minimum absolute atomic E-state index is 0.176. The molecule has 0 saturated heterocycles. The number of hydrogen-bond donors (Lipinski definition) is 0. The molecular formula is C6H3Cl4NS. The SMILES string of the molecule is CSc1c(Cl)[14c](Cl)n[14c](Cl)c1Cl. The van der Waals surface area contributed by atoms with Crippen LogP contribution in [0.5, 0.6) is 0 Å². The Morgan fingerprint density at radius 3 is 1.92 bits per heavy atom. The Bertz CT molecular complexity index is 289. The maximum absolute atomic E-state index is 5.81. The maximum Gasteiger partial charge on any atom is 0.150 e. The maximum atomic E-state index is 5.81. The molecule has 0 bridgehead atoms. The lowest BCUT2D eigenvalue weighted by atomic mass is 10.7. The van der Waals surface area contributed by atoms with Gasteiger partial charge in [0.15, 0.2) is 10.3 Å². The third kappa shape index (κ3) is 1.94. The molecule has 1 nitrogen and oxygen atoms in total. The van der Waals surface area contributed by atoms with E-state index < -0.39 is 0 Å². The first kappa shape index (κ1) is 10.7. The summed E-state index contributed by atoms with van der Waals surface area (Å²) in [4.78, 5) is 4.39. The van der Waals surface area contributed by atoms with Gasteiger partial charge in [0.1, 0.15) is 0 Å². The van der Waals surface area contributed by atoms with Crippen LogP contribution in [0.4, 0.5) is 0 Å². The highest BCUT2D eigenvalue weighted by atomic mass is 35.5. The first-order valence-corrected chi connectivity index (χ1v) is 5.55. The zero-order valence-electron chi connectivity index (χ0n) is 5.87. The Hall–Kier alpha value is 0.660. The molecular weight excluding hydrogens is 264 g/mol. The van der Waals surface area contributed by atoms with Crippen LogP contribution in [0.2, 0.25) is 20.4 Å². The number of rotatable bonds is 1. The molecule has 0 aliphatic rings. The molecule has 1 heterocycles. The second-order valence-corrected chi connectivity index (χ2v) is 4.14. The van der Waals surface area contributed by atoms with E-state index in [0.29, 0.717) is 14.9 Å². The lowest BCUT2D eigenvalue weighted by Crippen LogP contribution is -1.85. The Morgan fingerprint density at radius 2 is 1.58 bits per heavy atom. The fraction of sp³-hybridized carbons (Fsp3) is 0.167. The van der Waals surface area contributed by atoms with E-state index >= 15 is 0 Å². The molecule has 0 aliphatic carbocycles. The van der Waals surface area contributed by atoms with Crippen molar-refractivity contribution < 1.29 is 0 Å². The van der Waals surface area contributed by atoms with Gasteiger partial charge in [0.25, 0.3) is 0 Å². The van der Waals surface area contributed by atoms with Crippen LogP contribution in [0.25, 0.3) is 0 Å². The topological polar surface area (TPSA) is 12.9 Å². The van der Waals surface area contributed by atoms with Gasteiger partial charge in [-0.2, -0.15) is 0 Å². The molecule has 0 spiro atoms. The number of thioether (sulfide) groups is 1. The van der Waals surface area contributed by atoms with E-state index in [0.717, 1.165) is 0 Å². The molecule has 0 saturated carbocycles. The Morgan fingerprint density at radius 1 is 1.17 bits per heavy atom. The highest BCUT2D eigenvalue weighted by Crippen LogP contribution is 2.39. The highest BCUT2D eigenvalue weighted by Gasteiger charge is 2.13. The molecule has 0 aromatic carbocycles. The minimum atomic E-state index is 0.176. The monoisotopic (exact) mass is 265 g/mol. The minimum Gasteiger partial charge on any atom is -0.221 e. The molecule has 1 aromatic rings. The van der Waals surface area contributed by atoms with E-state index in [1.807, 2.05) is 6.26 Å². The number of nitrogens with zero attached hydrogens (tertiary/aromatic N) is 1. The normalized spacial score (nSPS) is 10.4. The Balaban J connectivity index is 3.42. The fourth-order valence-electron chi connectivity index (χ4n) is 0.647. The summed E-state index contributed by atoms with van der Waals surface area (Å²) in [7, 11) is 0. The van der Waals surface area contributed by atoms with Crippen LogP contribution >= 0.6 is 58.2 Å². The largest absolute Gasteiger partial charge is 0.221 e. The van der Waals surface area contributed by atoms with Crippen molar-refractivity contribution in [3.63, 3.8) is 0 Å². The molecule has 0 fully saturated rings. The molecule has 0 atom stereocenters. The number of pyridine rings is 1. The van der Waals surface area contributed by atoms with Gasteiger partial charge >= 0.3 is 0 Å². The van der Waals surface area contributed by atoms with Gasteiger partial charge in [0.2, 0.25) is 0 Å². The van der Waals surface area contributed by atoms with Crippen molar-refractivity contribution in [3.8, 4) is 0 Å². The molecule has 0 N–H and O–H groups in total. The van der Waals surface area contributed by atoms with Gasteiger partial charge in [-0.05, 0) is 6.26 Å². The van der Waals surface area contributed by atoms with Gasteiger partial charge in [-0.25, -0.2) is 4.98 Å². The summed E-state index contributed by atoms with van der Waals surface area (Å²) >= 11 is 24.3. The van der Waals surface area contributed by atoms with Gasteiger partial charge in [-0.1, -0.05) is 46.4 Å². The average Bonchev–Trinajstić information content (AvgIpc) is 2.02. The molecule has 1 aromatic heterocycles. The van der Waals surface area contributed by atoms with E-state index in [1.54, 1.807) is 0 Å². The predicted octanol–water partition coefficient (Wildman–Crippen LogP) is 4.42. The third-order valence-corrected chi connectivity index (χ3v) is 3.68. The summed E-state index contributed by atoms with van der Waals surface area (Å²) in [6, 6.07) is 0. The summed E-state index contributed by atoms with van der Waals surface area (Å²) < 4.78 is 0. The van der Waals surface area contributed by atoms with Crippen molar-refractivity contribution >= 4 is 58.2 Å². The zero-order valence-corrected chi connectivity index (χ0v) is 9.71. The third-order valence-electron chi connectivity index (χ3n) is 1.16. The van der Waals surface area contributed by atoms with Crippen LogP contribution in [-0.4, -0.2) is 11.2 Å². The molecule has 6 heteroatoms. The standard InChI is InChI=1S/C6H3Cl4NS/c1-12-4-2(7)5(9)11-6(10)3(4)8/h1H3/i5+2,6+2. The van der Waals surface area contributed by atoms with E-state index in [-0.39, 0.29) is 10.3 Å². The van der Waals surface area contributed by atoms with E-state index in [4.69, 9.17) is 46.4 Å². The fourth-order valence-corrected chi connectivity index (χ4v) is 2.50. The van der Waals surface area contributed by atoms with Crippen molar-refractivity contribution in [1.82, 2.24) is 4.98 Å². The van der Waals surface area contributed by atoms with Crippen molar-refractivity contribution in [2.45, 2.75) is 4.90 Å². The summed E-state index contributed by atoms with van der Waals surface area (Å²) in [5.74, 6) is 0. The van der Waals surface area contributed by atoms with Crippen LogP contribution < -0.4 is 0 Å². The van der Waals surface area contributed by atoms with Gasteiger partial charge in [0, 0.05) is 0 Å². The number of hydrogen-bond acceptors (Lipinski definition) is 2. The molecule has 12 heavy (non-hydrogen) atoms. The second-order valence-electron chi connectivity index (χ2n) is 1.85. The van der Waals surface area contributed by atoms with Crippen molar-refractivity contribution in [2.24, 2.45) is 0 Å². The molecule has 0 amide bonds.